The maximum atomic E-state index is 11.5. The zero-order chi connectivity index (χ0) is 14.3. The smallest absolute Gasteiger partial charge is 0.219 e. The highest BCUT2D eigenvalue weighted by Crippen LogP contribution is 2.08. The third-order valence-corrected chi connectivity index (χ3v) is 3.03. The molecule has 0 aliphatic rings. The summed E-state index contributed by atoms with van der Waals surface area (Å²) in [7, 11) is 0. The molecule has 106 valence electrons. The average Bonchev–Trinajstić information content (AvgIpc) is 2.44. The van der Waals surface area contributed by atoms with Crippen molar-refractivity contribution in [3.63, 3.8) is 0 Å². The fourth-order valence-corrected chi connectivity index (χ4v) is 1.76. The van der Waals surface area contributed by atoms with Gasteiger partial charge in [-0.25, -0.2) is 0 Å². The molecule has 3 N–H and O–H groups in total. The van der Waals surface area contributed by atoms with Gasteiger partial charge in [0.05, 0.1) is 19.8 Å². The monoisotopic (exact) mass is 267 g/mol. The Balaban J connectivity index is 2.61. The predicted octanol–water partition coefficient (Wildman–Crippen LogP) is -0.207. The van der Waals surface area contributed by atoms with Gasteiger partial charge in [0, 0.05) is 13.5 Å². The van der Waals surface area contributed by atoms with Crippen molar-refractivity contribution in [1.82, 2.24) is 4.90 Å². The lowest BCUT2D eigenvalue weighted by Gasteiger charge is -2.31. The molecule has 0 atom stereocenters. The Morgan fingerprint density at radius 1 is 1.21 bits per heavy atom. The summed E-state index contributed by atoms with van der Waals surface area (Å²) in [6, 6.07) is 9.68. The fourth-order valence-electron chi connectivity index (χ4n) is 1.76. The molecule has 1 rings (SSSR count). The Bertz CT molecular complexity index is 390. The summed E-state index contributed by atoms with van der Waals surface area (Å²) in [6.45, 7) is 0.585. The third-order valence-electron chi connectivity index (χ3n) is 3.03. The van der Waals surface area contributed by atoms with Crippen LogP contribution in [0.3, 0.4) is 0 Å². The van der Waals surface area contributed by atoms with Crippen molar-refractivity contribution in [3.05, 3.63) is 35.9 Å². The molecule has 19 heavy (non-hydrogen) atoms. The van der Waals surface area contributed by atoms with Gasteiger partial charge in [0.2, 0.25) is 5.91 Å². The number of hydrogen-bond acceptors (Lipinski definition) is 4. The molecule has 0 bridgehead atoms. The van der Waals surface area contributed by atoms with Crippen molar-refractivity contribution < 1.29 is 20.1 Å². The van der Waals surface area contributed by atoms with E-state index < -0.39 is 18.8 Å². The minimum absolute atomic E-state index is 0.0812. The minimum Gasteiger partial charge on any atom is -0.393 e. The topological polar surface area (TPSA) is 81.0 Å². The predicted molar refractivity (Wildman–Crippen MR) is 71.5 cm³/mol. The molecule has 0 aliphatic heterocycles. The van der Waals surface area contributed by atoms with Crippen LogP contribution in [0.4, 0.5) is 0 Å². The fraction of sp³-hybridized carbons (Fsp3) is 0.500. The van der Waals surface area contributed by atoms with Gasteiger partial charge in [-0.3, -0.25) is 4.79 Å². The first-order valence-electron chi connectivity index (χ1n) is 6.24. The van der Waals surface area contributed by atoms with Gasteiger partial charge in [-0.1, -0.05) is 30.3 Å². The van der Waals surface area contributed by atoms with E-state index in [9.17, 15) is 9.90 Å². The number of aliphatic hydroxyl groups is 3. The van der Waals surface area contributed by atoms with Gasteiger partial charge in [0.1, 0.15) is 5.60 Å². The summed E-state index contributed by atoms with van der Waals surface area (Å²) in [5.41, 5.74) is -0.562. The summed E-state index contributed by atoms with van der Waals surface area (Å²) >= 11 is 0. The van der Waals surface area contributed by atoms with E-state index >= 15 is 0 Å². The molecule has 1 aromatic carbocycles. The highest BCUT2D eigenvalue weighted by Gasteiger charge is 2.29. The Morgan fingerprint density at radius 2 is 1.79 bits per heavy atom. The zero-order valence-corrected chi connectivity index (χ0v) is 11.1. The molecule has 5 nitrogen and oxygen atoms in total. The molecule has 5 heteroatoms. The number of rotatable bonds is 7. The number of nitrogens with zero attached hydrogens (tertiary/aromatic N) is 1. The number of amides is 1. The van der Waals surface area contributed by atoms with Crippen molar-refractivity contribution in [1.29, 1.82) is 0 Å². The number of carbonyl (C=O) groups is 1. The minimum atomic E-state index is -1.65. The van der Waals surface area contributed by atoms with Crippen molar-refractivity contribution in [2.24, 2.45) is 0 Å². The molecule has 0 saturated heterocycles. The van der Waals surface area contributed by atoms with Gasteiger partial charge in [0.25, 0.3) is 0 Å². The molecular formula is C14H21NO4. The Kier molecular flexibility index (Phi) is 5.95. The zero-order valence-electron chi connectivity index (χ0n) is 11.1. The third kappa shape index (κ3) is 4.98. The van der Waals surface area contributed by atoms with Crippen LogP contribution in [0.1, 0.15) is 12.5 Å². The molecule has 0 saturated carbocycles. The Labute approximate surface area is 113 Å². The van der Waals surface area contributed by atoms with Gasteiger partial charge < -0.3 is 20.2 Å². The van der Waals surface area contributed by atoms with Gasteiger partial charge in [0.15, 0.2) is 0 Å². The van der Waals surface area contributed by atoms with E-state index in [4.69, 9.17) is 10.2 Å². The van der Waals surface area contributed by atoms with Crippen LogP contribution in [0, 0.1) is 0 Å². The first-order valence-corrected chi connectivity index (χ1v) is 6.24. The summed E-state index contributed by atoms with van der Waals surface area (Å²) in [5.74, 6) is -0.198. The molecule has 0 spiro atoms. The van der Waals surface area contributed by atoms with Gasteiger partial charge in [-0.05, 0) is 12.0 Å². The SMILES string of the molecule is CC(=O)N(CCc1ccccc1)CC(O)(CO)CO. The van der Waals surface area contributed by atoms with E-state index in [2.05, 4.69) is 0 Å². The molecule has 0 aromatic heterocycles. The van der Waals surface area contributed by atoms with Crippen LogP contribution in [0.25, 0.3) is 0 Å². The first-order chi connectivity index (χ1) is 9.00. The van der Waals surface area contributed by atoms with Crippen LogP contribution in [-0.2, 0) is 11.2 Å². The molecule has 1 amide bonds. The standard InChI is InChI=1S/C14H21NO4/c1-12(18)15(9-14(19,10-16)11-17)8-7-13-5-3-2-4-6-13/h2-6,16-17,19H,7-11H2,1H3. The maximum absolute atomic E-state index is 11.5. The van der Waals surface area contributed by atoms with Crippen molar-refractivity contribution in [3.8, 4) is 0 Å². The van der Waals surface area contributed by atoms with E-state index in [1.807, 2.05) is 30.3 Å². The van der Waals surface area contributed by atoms with Crippen LogP contribution in [0.15, 0.2) is 30.3 Å². The Hall–Kier alpha value is -1.43. The highest BCUT2D eigenvalue weighted by molar-refractivity contribution is 5.73. The first kappa shape index (κ1) is 15.6. The maximum Gasteiger partial charge on any atom is 0.219 e. The van der Waals surface area contributed by atoms with Crippen LogP contribution in [0.5, 0.6) is 0 Å². The number of hydrogen-bond donors (Lipinski definition) is 3. The lowest BCUT2D eigenvalue weighted by molar-refractivity contribution is -0.136. The lowest BCUT2D eigenvalue weighted by atomic mass is 10.1. The van der Waals surface area contributed by atoms with E-state index in [0.29, 0.717) is 13.0 Å². The molecule has 1 aromatic rings. The largest absolute Gasteiger partial charge is 0.393 e. The second-order valence-electron chi connectivity index (χ2n) is 4.72. The summed E-state index contributed by atoms with van der Waals surface area (Å²) in [5, 5.41) is 28.0. The van der Waals surface area contributed by atoms with E-state index in [0.717, 1.165) is 5.56 Å². The van der Waals surface area contributed by atoms with Gasteiger partial charge in [-0.15, -0.1) is 0 Å². The molecular weight excluding hydrogens is 246 g/mol. The average molecular weight is 267 g/mol. The van der Waals surface area contributed by atoms with E-state index in [-0.39, 0.29) is 12.5 Å². The molecule has 0 aliphatic carbocycles. The van der Waals surface area contributed by atoms with Crippen LogP contribution < -0.4 is 0 Å². The Morgan fingerprint density at radius 3 is 2.26 bits per heavy atom. The van der Waals surface area contributed by atoms with E-state index in [1.54, 1.807) is 0 Å². The lowest BCUT2D eigenvalue weighted by Crippen LogP contribution is -2.50. The summed E-state index contributed by atoms with van der Waals surface area (Å²) < 4.78 is 0. The number of aliphatic hydroxyl groups excluding tert-OH is 2. The van der Waals surface area contributed by atoms with Crippen LogP contribution in [0.2, 0.25) is 0 Å². The second kappa shape index (κ2) is 7.23. The van der Waals surface area contributed by atoms with Crippen LogP contribution >= 0.6 is 0 Å². The van der Waals surface area contributed by atoms with Gasteiger partial charge >= 0.3 is 0 Å². The quantitative estimate of drug-likeness (QED) is 0.639. The molecule has 0 heterocycles. The van der Waals surface area contributed by atoms with Crippen molar-refractivity contribution in [2.75, 3.05) is 26.3 Å². The molecule has 0 fully saturated rings. The van der Waals surface area contributed by atoms with Gasteiger partial charge in [-0.2, -0.15) is 0 Å². The van der Waals surface area contributed by atoms with Crippen molar-refractivity contribution in [2.45, 2.75) is 18.9 Å². The normalized spacial score (nSPS) is 11.4. The van der Waals surface area contributed by atoms with Crippen molar-refractivity contribution >= 4 is 5.91 Å². The summed E-state index contributed by atoms with van der Waals surface area (Å²) in [6.07, 6.45) is 0.660. The second-order valence-corrected chi connectivity index (χ2v) is 4.72. The molecule has 0 unspecified atom stereocenters. The van der Waals surface area contributed by atoms with Crippen LogP contribution in [-0.4, -0.2) is 58.0 Å². The number of carbonyl (C=O) groups excluding carboxylic acids is 1. The van der Waals surface area contributed by atoms with E-state index in [1.165, 1.54) is 11.8 Å². The molecule has 0 radical (unpaired) electrons. The summed E-state index contributed by atoms with van der Waals surface area (Å²) in [4.78, 5) is 13.0. The highest BCUT2D eigenvalue weighted by atomic mass is 16.4. The number of benzene rings is 1.